The first-order valence-corrected chi connectivity index (χ1v) is 11.3. The third kappa shape index (κ3) is 4.28. The Morgan fingerprint density at radius 1 is 1.03 bits per heavy atom. The predicted octanol–water partition coefficient (Wildman–Crippen LogP) is 2.52. The topological polar surface area (TPSA) is 123 Å². The molecule has 3 amide bonds. The predicted molar refractivity (Wildman–Crippen MR) is 129 cm³/mol. The zero-order valence-corrected chi connectivity index (χ0v) is 19.1. The number of nitrogen functional groups attached to an aromatic ring is 1. The smallest absolute Gasteiger partial charge is 0.293 e. The number of halogens is 1. The highest BCUT2D eigenvalue weighted by atomic mass is 19.1. The van der Waals surface area contributed by atoms with E-state index in [1.54, 1.807) is 48.5 Å². The summed E-state index contributed by atoms with van der Waals surface area (Å²) in [6.45, 7) is 0.275. The maximum atomic E-state index is 13.9. The normalized spacial score (nSPS) is 15.7. The molecule has 2 aliphatic heterocycles. The van der Waals surface area contributed by atoms with E-state index >= 15 is 0 Å². The Bertz CT molecular complexity index is 1340. The van der Waals surface area contributed by atoms with E-state index in [0.29, 0.717) is 22.6 Å². The fourth-order valence-electron chi connectivity index (χ4n) is 4.24. The second-order valence-electron chi connectivity index (χ2n) is 8.38. The average molecular weight is 490 g/mol. The Balaban J connectivity index is 1.21. The highest BCUT2D eigenvalue weighted by molar-refractivity contribution is 6.09. The second-order valence-corrected chi connectivity index (χ2v) is 8.38. The molecule has 0 bridgehead atoms. The van der Waals surface area contributed by atoms with Crippen LogP contribution in [0.3, 0.4) is 0 Å². The molecule has 10 heteroatoms. The number of hydrogen-bond donors (Lipinski definition) is 3. The molecule has 9 nitrogen and oxygen atoms in total. The molecule has 2 heterocycles. The largest absolute Gasteiger partial charge is 0.397 e. The minimum Gasteiger partial charge on any atom is -0.397 e. The monoisotopic (exact) mass is 490 g/mol. The molecule has 184 valence electrons. The Kier molecular flexibility index (Phi) is 6.13. The van der Waals surface area contributed by atoms with E-state index in [4.69, 9.17) is 15.2 Å². The summed E-state index contributed by atoms with van der Waals surface area (Å²) in [5.41, 5.74) is 8.66. The van der Waals surface area contributed by atoms with Crippen LogP contribution in [0.2, 0.25) is 0 Å². The van der Waals surface area contributed by atoms with Crippen molar-refractivity contribution in [3.63, 3.8) is 0 Å². The first-order valence-electron chi connectivity index (χ1n) is 11.3. The molecule has 3 aromatic rings. The molecule has 4 N–H and O–H groups in total. The summed E-state index contributed by atoms with van der Waals surface area (Å²) >= 11 is 0. The van der Waals surface area contributed by atoms with Crippen molar-refractivity contribution >= 4 is 34.8 Å². The van der Waals surface area contributed by atoms with Gasteiger partial charge in [0.1, 0.15) is 12.4 Å². The van der Waals surface area contributed by atoms with Crippen LogP contribution in [0.1, 0.15) is 21.5 Å². The lowest BCUT2D eigenvalue weighted by Gasteiger charge is -2.21. The second kappa shape index (κ2) is 9.40. The number of carbonyl (C=O) groups is 3. The molecule has 1 fully saturated rings. The zero-order chi connectivity index (χ0) is 25.3. The lowest BCUT2D eigenvalue weighted by atomic mass is 10.1. The van der Waals surface area contributed by atoms with Crippen molar-refractivity contribution in [1.29, 1.82) is 0 Å². The number of ether oxygens (including phenoxy) is 2. The first kappa shape index (κ1) is 23.5. The number of amides is 3. The standard InChI is InChI=1S/C26H23FN4O5/c27-18-9-10-22-19(13-18)26(35-11-12-36-26)25(34)31(22)15-23(32)29-14-16-5-7-17(8-6-16)24(33)30-21-4-2-1-3-20(21)28/h1-10,13H,11-12,14-15,28H2,(H,29,32)(H,30,33). The third-order valence-electron chi connectivity index (χ3n) is 6.04. The van der Waals surface area contributed by atoms with E-state index in [-0.39, 0.29) is 37.8 Å². The average Bonchev–Trinajstić information content (AvgIpc) is 3.45. The SMILES string of the molecule is Nc1ccccc1NC(=O)c1ccc(CNC(=O)CN2C(=O)C3(OCCO3)c3cc(F)ccc32)cc1. The summed E-state index contributed by atoms with van der Waals surface area (Å²) in [5, 5.41) is 5.52. The molecule has 3 aromatic carbocycles. The molecule has 0 aromatic heterocycles. The van der Waals surface area contributed by atoms with E-state index in [1.165, 1.54) is 23.1 Å². The quantitative estimate of drug-likeness (QED) is 0.457. The molecule has 2 aliphatic rings. The number of rotatable bonds is 6. The number of anilines is 3. The molecule has 1 saturated heterocycles. The lowest BCUT2D eigenvalue weighted by molar-refractivity contribution is -0.180. The van der Waals surface area contributed by atoms with Gasteiger partial charge >= 0.3 is 0 Å². The van der Waals surface area contributed by atoms with Gasteiger partial charge in [0.15, 0.2) is 0 Å². The third-order valence-corrected chi connectivity index (χ3v) is 6.04. The van der Waals surface area contributed by atoms with Crippen molar-refractivity contribution in [3.8, 4) is 0 Å². The molecule has 5 rings (SSSR count). The van der Waals surface area contributed by atoms with Crippen molar-refractivity contribution in [2.24, 2.45) is 0 Å². The molecule has 1 spiro atoms. The van der Waals surface area contributed by atoms with Crippen LogP contribution in [-0.4, -0.2) is 37.5 Å². The van der Waals surface area contributed by atoms with E-state index in [1.807, 2.05) is 0 Å². The highest BCUT2D eigenvalue weighted by Gasteiger charge is 2.56. The van der Waals surface area contributed by atoms with Gasteiger partial charge in [0.25, 0.3) is 17.6 Å². The van der Waals surface area contributed by atoms with Crippen LogP contribution in [0.25, 0.3) is 0 Å². The molecule has 0 radical (unpaired) electrons. The summed E-state index contributed by atoms with van der Waals surface area (Å²) in [6, 6.07) is 17.5. The molecule has 0 aliphatic carbocycles. The number of benzene rings is 3. The van der Waals surface area contributed by atoms with Crippen LogP contribution < -0.4 is 21.3 Å². The van der Waals surface area contributed by atoms with Crippen molar-refractivity contribution in [3.05, 3.63) is 89.2 Å². The van der Waals surface area contributed by atoms with Crippen LogP contribution in [0.15, 0.2) is 66.7 Å². The van der Waals surface area contributed by atoms with E-state index in [9.17, 15) is 18.8 Å². The number of nitrogens with two attached hydrogens (primary N) is 1. The Hall–Kier alpha value is -4.28. The van der Waals surface area contributed by atoms with E-state index < -0.39 is 23.4 Å². The van der Waals surface area contributed by atoms with Gasteiger partial charge in [-0.1, -0.05) is 24.3 Å². The van der Waals surface area contributed by atoms with Gasteiger partial charge in [0, 0.05) is 17.7 Å². The first-order chi connectivity index (χ1) is 17.4. The van der Waals surface area contributed by atoms with Crippen LogP contribution >= 0.6 is 0 Å². The fraction of sp³-hybridized carbons (Fsp3) is 0.192. The van der Waals surface area contributed by atoms with Gasteiger partial charge in [-0.15, -0.1) is 0 Å². The van der Waals surface area contributed by atoms with Crippen LogP contribution in [0, 0.1) is 5.82 Å². The maximum Gasteiger partial charge on any atom is 0.293 e. The molecular formula is C26H23FN4O5. The molecule has 0 unspecified atom stereocenters. The van der Waals surface area contributed by atoms with Gasteiger partial charge in [0.05, 0.1) is 30.3 Å². The summed E-state index contributed by atoms with van der Waals surface area (Å²) in [4.78, 5) is 39.5. The van der Waals surface area contributed by atoms with E-state index in [2.05, 4.69) is 10.6 Å². The minimum absolute atomic E-state index is 0.183. The molecule has 0 atom stereocenters. The van der Waals surface area contributed by atoms with Gasteiger partial charge in [-0.05, 0) is 48.0 Å². The summed E-state index contributed by atoms with van der Waals surface area (Å²) < 4.78 is 25.0. The van der Waals surface area contributed by atoms with Crippen molar-refractivity contribution in [1.82, 2.24) is 5.32 Å². The van der Waals surface area contributed by atoms with Crippen molar-refractivity contribution < 1.29 is 28.2 Å². The van der Waals surface area contributed by atoms with Crippen LogP contribution in [0.4, 0.5) is 21.5 Å². The lowest BCUT2D eigenvalue weighted by Crippen LogP contribution is -2.45. The maximum absolute atomic E-state index is 13.9. The molecular weight excluding hydrogens is 467 g/mol. The number of hydrogen-bond acceptors (Lipinski definition) is 6. The van der Waals surface area contributed by atoms with Gasteiger partial charge in [-0.25, -0.2) is 4.39 Å². The van der Waals surface area contributed by atoms with Crippen LogP contribution in [-0.2, 0) is 31.4 Å². The highest BCUT2D eigenvalue weighted by Crippen LogP contribution is 2.45. The Labute approximate surface area is 206 Å². The summed E-state index contributed by atoms with van der Waals surface area (Å²) in [6.07, 6.45) is 0. The van der Waals surface area contributed by atoms with Crippen LogP contribution in [0.5, 0.6) is 0 Å². The van der Waals surface area contributed by atoms with E-state index in [0.717, 1.165) is 5.56 Å². The Morgan fingerprint density at radius 3 is 2.47 bits per heavy atom. The van der Waals surface area contributed by atoms with Gasteiger partial charge in [-0.2, -0.15) is 0 Å². The zero-order valence-electron chi connectivity index (χ0n) is 19.1. The molecule has 36 heavy (non-hydrogen) atoms. The summed E-state index contributed by atoms with van der Waals surface area (Å²) in [5.74, 6) is -3.54. The van der Waals surface area contributed by atoms with Gasteiger partial charge in [-0.3, -0.25) is 19.3 Å². The number of carbonyl (C=O) groups excluding carboxylic acids is 3. The summed E-state index contributed by atoms with van der Waals surface area (Å²) in [7, 11) is 0. The number of fused-ring (bicyclic) bond motifs is 2. The van der Waals surface area contributed by atoms with Crippen molar-refractivity contribution in [2.75, 3.05) is 35.7 Å². The van der Waals surface area contributed by atoms with Crippen molar-refractivity contribution in [2.45, 2.75) is 12.3 Å². The minimum atomic E-state index is -1.71. The Morgan fingerprint density at radius 2 is 1.75 bits per heavy atom. The van der Waals surface area contributed by atoms with Gasteiger partial charge < -0.3 is 25.8 Å². The number of nitrogens with one attached hydrogen (secondary N) is 2. The fourth-order valence-corrected chi connectivity index (χ4v) is 4.24. The number of nitrogens with zero attached hydrogens (tertiary/aromatic N) is 1. The number of para-hydroxylation sites is 2. The molecule has 0 saturated carbocycles. The van der Waals surface area contributed by atoms with Gasteiger partial charge in [0.2, 0.25) is 5.91 Å².